The van der Waals surface area contributed by atoms with Crippen molar-refractivity contribution < 1.29 is 26.4 Å². The van der Waals surface area contributed by atoms with Crippen LogP contribution in [0.1, 0.15) is 41.5 Å². The Hall–Kier alpha value is -2.39. The number of carbonyl (C=O) groups excluding carboxylic acids is 1. The largest absolute Gasteiger partial charge is 0.416 e. The molecule has 0 fully saturated rings. The van der Waals surface area contributed by atoms with Gasteiger partial charge in [0.1, 0.15) is 0 Å². The lowest BCUT2D eigenvalue weighted by Gasteiger charge is -2.16. The number of alkyl halides is 3. The summed E-state index contributed by atoms with van der Waals surface area (Å²) in [6.45, 7) is -0.172. The first-order valence-electron chi connectivity index (χ1n) is 9.69. The number of fused-ring (bicyclic) bond motifs is 1. The molecule has 1 aliphatic rings. The summed E-state index contributed by atoms with van der Waals surface area (Å²) in [5, 5.41) is 2.50. The molecule has 2 aromatic carbocycles. The molecule has 0 unspecified atom stereocenters. The van der Waals surface area contributed by atoms with Gasteiger partial charge in [0.25, 0.3) is 0 Å². The second kappa shape index (κ2) is 9.18. The molecule has 162 valence electrons. The van der Waals surface area contributed by atoms with E-state index in [2.05, 4.69) is 10.0 Å². The fraction of sp³-hybridized carbons (Fsp3) is 0.381. The third kappa shape index (κ3) is 5.82. The minimum Gasteiger partial charge on any atom is -0.352 e. The second-order valence-electron chi connectivity index (χ2n) is 7.26. The van der Waals surface area contributed by atoms with Crippen LogP contribution in [0.2, 0.25) is 0 Å². The van der Waals surface area contributed by atoms with Crippen molar-refractivity contribution in [1.29, 1.82) is 0 Å². The fourth-order valence-corrected chi connectivity index (χ4v) is 4.49. The van der Waals surface area contributed by atoms with E-state index in [0.717, 1.165) is 43.4 Å². The van der Waals surface area contributed by atoms with Crippen LogP contribution in [0.5, 0.6) is 0 Å². The number of hydrogen-bond acceptors (Lipinski definition) is 3. The van der Waals surface area contributed by atoms with Crippen molar-refractivity contribution in [3.8, 4) is 0 Å². The number of benzene rings is 2. The lowest BCUT2D eigenvalue weighted by atomic mass is 9.92. The van der Waals surface area contributed by atoms with Crippen molar-refractivity contribution in [3.05, 3.63) is 64.7 Å². The normalized spacial score (nSPS) is 14.2. The van der Waals surface area contributed by atoms with Crippen LogP contribution in [0.15, 0.2) is 47.4 Å². The Morgan fingerprint density at radius 1 is 1.00 bits per heavy atom. The van der Waals surface area contributed by atoms with Gasteiger partial charge >= 0.3 is 6.18 Å². The number of sulfonamides is 1. The standard InChI is InChI=1S/C21H23F3N2O3S/c22-21(23,24)18-7-3-4-15(12-18)14-25-20(27)10-11-26-30(28,29)19-9-8-16-5-1-2-6-17(16)13-19/h3-4,7-9,12-13,26H,1-2,5-6,10-11,14H2,(H,25,27). The van der Waals surface area contributed by atoms with Crippen molar-refractivity contribution in [3.63, 3.8) is 0 Å². The van der Waals surface area contributed by atoms with Gasteiger partial charge in [0.2, 0.25) is 15.9 Å². The summed E-state index contributed by atoms with van der Waals surface area (Å²) in [7, 11) is -3.73. The number of hydrogen-bond donors (Lipinski definition) is 2. The van der Waals surface area contributed by atoms with Crippen LogP contribution in [0.4, 0.5) is 13.2 Å². The first kappa shape index (κ1) is 22.3. The molecular formula is C21H23F3N2O3S. The van der Waals surface area contributed by atoms with E-state index in [9.17, 15) is 26.4 Å². The van der Waals surface area contributed by atoms with Crippen LogP contribution < -0.4 is 10.0 Å². The van der Waals surface area contributed by atoms with Crippen LogP contribution in [0, 0.1) is 0 Å². The molecule has 0 aliphatic heterocycles. The summed E-state index contributed by atoms with van der Waals surface area (Å²) in [5.41, 5.74) is 1.75. The van der Waals surface area contributed by atoms with Crippen molar-refractivity contribution in [1.82, 2.24) is 10.0 Å². The zero-order valence-electron chi connectivity index (χ0n) is 16.3. The van der Waals surface area contributed by atoms with E-state index < -0.39 is 27.7 Å². The highest BCUT2D eigenvalue weighted by atomic mass is 32.2. The summed E-state index contributed by atoms with van der Waals surface area (Å²) in [5.74, 6) is -0.458. The van der Waals surface area contributed by atoms with Gasteiger partial charge < -0.3 is 5.32 Å². The molecule has 0 saturated carbocycles. The number of aryl methyl sites for hydroxylation is 2. The van der Waals surface area contributed by atoms with E-state index in [1.807, 2.05) is 6.07 Å². The van der Waals surface area contributed by atoms with Gasteiger partial charge in [0.05, 0.1) is 10.5 Å². The molecule has 0 spiro atoms. The van der Waals surface area contributed by atoms with Crippen molar-refractivity contribution in [2.45, 2.75) is 49.7 Å². The molecule has 0 radical (unpaired) electrons. The third-order valence-corrected chi connectivity index (χ3v) is 6.48. The van der Waals surface area contributed by atoms with Crippen LogP contribution in [0.3, 0.4) is 0 Å². The Morgan fingerprint density at radius 3 is 2.47 bits per heavy atom. The summed E-state index contributed by atoms with van der Waals surface area (Å²) in [4.78, 5) is 12.1. The van der Waals surface area contributed by atoms with Gasteiger partial charge in [0, 0.05) is 19.5 Å². The molecule has 0 saturated heterocycles. The second-order valence-corrected chi connectivity index (χ2v) is 9.03. The molecule has 2 N–H and O–H groups in total. The van der Waals surface area contributed by atoms with Crippen molar-refractivity contribution in [2.75, 3.05) is 6.54 Å². The van der Waals surface area contributed by atoms with Gasteiger partial charge in [0.15, 0.2) is 0 Å². The van der Waals surface area contributed by atoms with Gasteiger partial charge in [-0.15, -0.1) is 0 Å². The molecule has 2 aromatic rings. The van der Waals surface area contributed by atoms with Gasteiger partial charge in [-0.1, -0.05) is 18.2 Å². The van der Waals surface area contributed by atoms with E-state index >= 15 is 0 Å². The minimum atomic E-state index is -4.45. The lowest BCUT2D eigenvalue weighted by Crippen LogP contribution is -2.30. The van der Waals surface area contributed by atoms with E-state index in [0.29, 0.717) is 5.56 Å². The SMILES string of the molecule is O=C(CCNS(=O)(=O)c1ccc2c(c1)CCCC2)NCc1cccc(C(F)(F)F)c1. The Bertz CT molecular complexity index is 1020. The highest BCUT2D eigenvalue weighted by Gasteiger charge is 2.30. The number of rotatable bonds is 7. The highest BCUT2D eigenvalue weighted by molar-refractivity contribution is 7.89. The van der Waals surface area contributed by atoms with Gasteiger partial charge in [-0.3, -0.25) is 4.79 Å². The summed E-state index contributed by atoms with van der Waals surface area (Å²) in [6.07, 6.45) is -0.618. The molecule has 0 aromatic heterocycles. The predicted molar refractivity (Wildman–Crippen MR) is 106 cm³/mol. The Balaban J connectivity index is 1.49. The van der Waals surface area contributed by atoms with Crippen molar-refractivity contribution >= 4 is 15.9 Å². The van der Waals surface area contributed by atoms with Crippen LogP contribution in [0.25, 0.3) is 0 Å². The van der Waals surface area contributed by atoms with Gasteiger partial charge in [-0.2, -0.15) is 13.2 Å². The maximum atomic E-state index is 12.7. The summed E-state index contributed by atoms with van der Waals surface area (Å²) >= 11 is 0. The molecule has 30 heavy (non-hydrogen) atoms. The molecule has 0 heterocycles. The molecule has 1 aliphatic carbocycles. The molecular weight excluding hydrogens is 417 g/mol. The number of halogens is 3. The first-order valence-corrected chi connectivity index (χ1v) is 11.2. The molecule has 9 heteroatoms. The Labute approximate surface area is 173 Å². The quantitative estimate of drug-likeness (QED) is 0.691. The van der Waals surface area contributed by atoms with E-state index in [4.69, 9.17) is 0 Å². The van der Waals surface area contributed by atoms with Gasteiger partial charge in [-0.05, 0) is 66.6 Å². The molecule has 1 amide bonds. The number of carbonyl (C=O) groups is 1. The topological polar surface area (TPSA) is 75.3 Å². The summed E-state index contributed by atoms with van der Waals surface area (Å²) < 4.78 is 65.5. The van der Waals surface area contributed by atoms with E-state index in [1.54, 1.807) is 12.1 Å². The predicted octanol–water partition coefficient (Wildman–Crippen LogP) is 3.57. The maximum absolute atomic E-state index is 12.7. The van der Waals surface area contributed by atoms with Crippen LogP contribution in [-0.4, -0.2) is 20.9 Å². The number of amides is 1. The Kier molecular flexibility index (Phi) is 6.82. The highest BCUT2D eigenvalue weighted by Crippen LogP contribution is 2.29. The van der Waals surface area contributed by atoms with Gasteiger partial charge in [-0.25, -0.2) is 13.1 Å². The maximum Gasteiger partial charge on any atom is 0.416 e. The molecule has 5 nitrogen and oxygen atoms in total. The summed E-state index contributed by atoms with van der Waals surface area (Å²) in [6, 6.07) is 9.78. The average molecular weight is 440 g/mol. The fourth-order valence-electron chi connectivity index (χ4n) is 3.41. The third-order valence-electron chi connectivity index (χ3n) is 5.02. The first-order chi connectivity index (χ1) is 14.1. The lowest BCUT2D eigenvalue weighted by molar-refractivity contribution is -0.137. The van der Waals surface area contributed by atoms with E-state index in [1.165, 1.54) is 17.7 Å². The smallest absolute Gasteiger partial charge is 0.352 e. The minimum absolute atomic E-state index is 0.0691. The average Bonchev–Trinajstić information content (AvgIpc) is 2.71. The van der Waals surface area contributed by atoms with Crippen molar-refractivity contribution in [2.24, 2.45) is 0 Å². The molecule has 3 rings (SSSR count). The van der Waals surface area contributed by atoms with Crippen LogP contribution >= 0.6 is 0 Å². The molecule has 0 atom stereocenters. The van der Waals surface area contributed by atoms with E-state index in [-0.39, 0.29) is 24.4 Å². The zero-order valence-corrected chi connectivity index (χ0v) is 17.1. The Morgan fingerprint density at radius 2 is 1.73 bits per heavy atom. The zero-order chi connectivity index (χ0) is 21.8. The molecule has 0 bridgehead atoms. The number of nitrogens with one attached hydrogen (secondary N) is 2. The monoisotopic (exact) mass is 440 g/mol. The van der Waals surface area contributed by atoms with Crippen LogP contribution in [-0.2, 0) is 40.4 Å².